The van der Waals surface area contributed by atoms with Crippen molar-refractivity contribution in [2.45, 2.75) is 204 Å². The molecule has 24 heteroatoms. The zero-order valence-corrected chi connectivity index (χ0v) is 52.3. The lowest BCUT2D eigenvalue weighted by atomic mass is 9.74. The number of carboxylic acids is 1. The number of cyclic esters (lactones) is 1. The Balaban J connectivity index is 1.05. The smallest absolute Gasteiger partial charge is 0.341 e. The zero-order chi connectivity index (χ0) is 62.2. The summed E-state index contributed by atoms with van der Waals surface area (Å²) in [5, 5.41) is 52.0. The topological polar surface area (TPSA) is 291 Å². The van der Waals surface area contributed by atoms with Gasteiger partial charge in [-0.05, 0) is 99.9 Å². The summed E-state index contributed by atoms with van der Waals surface area (Å²) in [6, 6.07) is 3.08. The van der Waals surface area contributed by atoms with Crippen molar-refractivity contribution < 1.29 is 87.0 Å². The van der Waals surface area contributed by atoms with E-state index in [-0.39, 0.29) is 60.6 Å². The average molecular weight is 1210 g/mol. The number of fused-ring (bicyclic) bond motifs is 1. The van der Waals surface area contributed by atoms with E-state index in [2.05, 4.69) is 10.6 Å². The number of carboxylic acid groups (broad SMARTS) is 1. The van der Waals surface area contributed by atoms with E-state index in [9.17, 15) is 44.4 Å². The van der Waals surface area contributed by atoms with Gasteiger partial charge in [0, 0.05) is 81.7 Å². The maximum absolute atomic E-state index is 14.6. The van der Waals surface area contributed by atoms with Crippen molar-refractivity contribution in [2.24, 2.45) is 23.7 Å². The van der Waals surface area contributed by atoms with E-state index >= 15 is 0 Å². The number of aromatic carboxylic acids is 1. The van der Waals surface area contributed by atoms with Gasteiger partial charge in [0.25, 0.3) is 0 Å². The van der Waals surface area contributed by atoms with E-state index in [4.69, 9.17) is 59.0 Å². The number of Topliss-reactive ketones (excluding diaryl/α,β-unsaturated/α-hetero) is 1. The van der Waals surface area contributed by atoms with Crippen LogP contribution in [0.1, 0.15) is 131 Å². The van der Waals surface area contributed by atoms with Crippen molar-refractivity contribution in [1.82, 2.24) is 14.8 Å². The van der Waals surface area contributed by atoms with Crippen molar-refractivity contribution >= 4 is 51.9 Å². The molecule has 18 atom stereocenters. The number of nitrogens with zero attached hydrogens (tertiary/aromatic N) is 2. The monoisotopic (exact) mass is 1210 g/mol. The molecule has 0 radical (unpaired) electrons. The molecule has 2 aromatic rings. The van der Waals surface area contributed by atoms with Crippen LogP contribution in [0.25, 0.3) is 10.9 Å². The molecule has 1 aromatic heterocycles. The van der Waals surface area contributed by atoms with Crippen LogP contribution in [-0.4, -0.2) is 212 Å². The van der Waals surface area contributed by atoms with Crippen LogP contribution in [-0.2, 0) is 61.8 Å². The maximum atomic E-state index is 14.6. The van der Waals surface area contributed by atoms with Gasteiger partial charge in [0.05, 0.1) is 91.1 Å². The average Bonchev–Trinajstić information content (AvgIpc) is 1.82. The molecule has 3 saturated heterocycles. The molecule has 4 heterocycles. The summed E-state index contributed by atoms with van der Waals surface area (Å²) in [5.74, 6) is -6.62. The lowest BCUT2D eigenvalue weighted by Gasteiger charge is -2.50. The molecule has 4 fully saturated rings. The molecule has 2 unspecified atom stereocenters. The summed E-state index contributed by atoms with van der Waals surface area (Å²) in [7, 11) is 6.72. The number of anilines is 1. The Morgan fingerprint density at radius 3 is 2.11 bits per heavy atom. The van der Waals surface area contributed by atoms with Gasteiger partial charge in [0.15, 0.2) is 18.7 Å². The number of esters is 2. The largest absolute Gasteiger partial charge is 0.477 e. The number of ketones is 1. The Hall–Kier alpha value is -3.92. The number of pyridine rings is 1. The van der Waals surface area contributed by atoms with Crippen LogP contribution in [0, 0.1) is 23.7 Å². The normalized spacial score (nSPS) is 35.6. The van der Waals surface area contributed by atoms with Crippen molar-refractivity contribution in [3.8, 4) is 0 Å². The number of likely N-dealkylation sites (N-methyl/N-ethyl adjacent to an activating group) is 1. The van der Waals surface area contributed by atoms with E-state index in [1.54, 1.807) is 53.7 Å². The molecule has 1 saturated carbocycles. The lowest BCUT2D eigenvalue weighted by molar-refractivity contribution is -0.320. The highest BCUT2D eigenvalue weighted by Crippen LogP contribution is 2.43. The zero-order valence-electron chi connectivity index (χ0n) is 51.6. The number of nitrogens with one attached hydrogen (secondary N) is 2. The molecule has 3 aliphatic heterocycles. The highest BCUT2D eigenvalue weighted by atomic mass is 35.5. The molecular formula is C60H95ClN4O19. The lowest BCUT2D eigenvalue weighted by Crippen LogP contribution is -2.61. The Bertz CT molecular complexity index is 2600. The molecule has 0 bridgehead atoms. The van der Waals surface area contributed by atoms with E-state index in [0.717, 1.165) is 12.8 Å². The number of rotatable bonds is 24. The van der Waals surface area contributed by atoms with Crippen LogP contribution < -0.4 is 16.1 Å². The highest BCUT2D eigenvalue weighted by Gasteiger charge is 2.55. The number of aliphatic hydroxyl groups is 3. The third kappa shape index (κ3) is 16.4. The van der Waals surface area contributed by atoms with Crippen LogP contribution in [0.15, 0.2) is 23.1 Å². The van der Waals surface area contributed by atoms with Crippen LogP contribution in [0.5, 0.6) is 0 Å². The Morgan fingerprint density at radius 1 is 0.857 bits per heavy atom. The van der Waals surface area contributed by atoms with Gasteiger partial charge in [0.2, 0.25) is 5.43 Å². The van der Waals surface area contributed by atoms with E-state index < -0.39 is 119 Å². The number of aromatic nitrogens is 1. The number of hydrogen-bond donors (Lipinski definition) is 6. The van der Waals surface area contributed by atoms with Gasteiger partial charge in [-0.3, -0.25) is 19.2 Å². The molecule has 4 aliphatic rings. The summed E-state index contributed by atoms with van der Waals surface area (Å²) in [5.41, 5.74) is -4.28. The van der Waals surface area contributed by atoms with Gasteiger partial charge >= 0.3 is 17.9 Å². The summed E-state index contributed by atoms with van der Waals surface area (Å²) in [6.07, 6.45) is -6.39. The van der Waals surface area contributed by atoms with Gasteiger partial charge in [-0.1, -0.05) is 39.3 Å². The van der Waals surface area contributed by atoms with Gasteiger partial charge in [0.1, 0.15) is 34.8 Å². The molecule has 6 rings (SSSR count). The number of carbonyl (C=O) groups is 4. The first-order valence-corrected chi connectivity index (χ1v) is 30.0. The number of aliphatic hydroxyl groups excluding tert-OH is 2. The second-order valence-corrected chi connectivity index (χ2v) is 24.8. The third-order valence-corrected chi connectivity index (χ3v) is 18.0. The molecule has 1 aliphatic carbocycles. The van der Waals surface area contributed by atoms with E-state index in [1.807, 2.05) is 37.4 Å². The summed E-state index contributed by atoms with van der Waals surface area (Å²) in [6.45, 7) is 19.4. The van der Waals surface area contributed by atoms with Gasteiger partial charge < -0.3 is 87.9 Å². The molecule has 0 amide bonds. The molecule has 476 valence electrons. The minimum absolute atomic E-state index is 0.0236. The molecule has 6 N–H and O–H groups in total. The molecular weight excluding hydrogens is 1120 g/mol. The fourth-order valence-electron chi connectivity index (χ4n) is 12.3. The van der Waals surface area contributed by atoms with Crippen molar-refractivity contribution in [3.63, 3.8) is 0 Å². The highest BCUT2D eigenvalue weighted by molar-refractivity contribution is 6.34. The van der Waals surface area contributed by atoms with Gasteiger partial charge in [-0.25, -0.2) is 4.79 Å². The van der Waals surface area contributed by atoms with Crippen LogP contribution >= 0.6 is 11.6 Å². The van der Waals surface area contributed by atoms with Gasteiger partial charge in [-0.2, -0.15) is 0 Å². The number of ether oxygens (including phenoxy) is 10. The van der Waals surface area contributed by atoms with Crippen LogP contribution in [0.3, 0.4) is 0 Å². The molecule has 23 nitrogen and oxygen atoms in total. The van der Waals surface area contributed by atoms with Crippen molar-refractivity contribution in [1.29, 1.82) is 0 Å². The minimum atomic E-state index is -2.03. The number of benzene rings is 1. The summed E-state index contributed by atoms with van der Waals surface area (Å²) < 4.78 is 64.5. The Kier molecular flexibility index (Phi) is 24.6. The first-order chi connectivity index (χ1) is 39.5. The fraction of sp³-hybridized carbons (Fsp3) is 0.783. The van der Waals surface area contributed by atoms with Crippen molar-refractivity contribution in [3.05, 3.63) is 39.1 Å². The van der Waals surface area contributed by atoms with Crippen molar-refractivity contribution in [2.75, 3.05) is 79.7 Å². The third-order valence-electron chi connectivity index (χ3n) is 17.6. The Morgan fingerprint density at radius 2 is 1.50 bits per heavy atom. The number of carbonyl (C=O) groups excluding carboxylic acids is 3. The molecule has 0 spiro atoms. The second-order valence-electron chi connectivity index (χ2n) is 24.4. The first-order valence-electron chi connectivity index (χ1n) is 29.7. The SMILES string of the molecule is CC[C@H]1OC(=O)[C@H](C)[C@@H](OC2C[C@@](C)(OC)[C@@H](OC(=O)CCNCCOCCOCCNc3cc4c(=O)c(C(=O)O)cn(C5CC5)c4cc3Cl)[C@H](C)O2)[C@H](C)[C@@H](OC2O[C@H](C)C[C@H](N(C)C)[C@H]2O)[C@](C)(OC)C[C@@H](C)C(=O)[C@H](C)[C@@H](O)[C@]1(C)O. The molecule has 84 heavy (non-hydrogen) atoms. The first kappa shape index (κ1) is 69.2. The second kappa shape index (κ2) is 29.9. The number of halogens is 1. The van der Waals surface area contributed by atoms with Crippen LogP contribution in [0.4, 0.5) is 5.69 Å². The Labute approximate surface area is 498 Å². The van der Waals surface area contributed by atoms with Gasteiger partial charge in [-0.15, -0.1) is 0 Å². The van der Waals surface area contributed by atoms with Crippen LogP contribution in [0.2, 0.25) is 5.02 Å². The predicted molar refractivity (Wildman–Crippen MR) is 311 cm³/mol. The molecule has 1 aromatic carbocycles. The maximum Gasteiger partial charge on any atom is 0.341 e. The predicted octanol–water partition coefficient (Wildman–Crippen LogP) is 5.12. The summed E-state index contributed by atoms with van der Waals surface area (Å²) in [4.78, 5) is 69.0. The van der Waals surface area contributed by atoms with E-state index in [0.29, 0.717) is 68.7 Å². The summed E-state index contributed by atoms with van der Waals surface area (Å²) >= 11 is 6.57. The quantitative estimate of drug-likeness (QED) is 0.0587. The number of hydrogen-bond acceptors (Lipinski definition) is 21. The van der Waals surface area contributed by atoms with E-state index in [1.165, 1.54) is 34.3 Å². The minimum Gasteiger partial charge on any atom is -0.477 e. The standard InChI is InChI=1S/C60H95ClN4O19/c1-15-45-60(10,74)52(70)34(4)48(67)32(2)29-58(8,75-13)53(84-57-50(69)44(64(11)12)26-33(3)79-57)35(5)51(36(6)56(73)81-45)83-47-30-59(9,76-14)54(37(7)80-47)82-46(66)18-19-62-20-22-77-24-25-78-23-21-63-42-27-39-43(28-41(42)61)65(38-16-17-38)31-40(49(39)68)55(71)72/h27-28,31-38,44-45,47,50-54,57,62-63,69-70,74H,15-26,29-30H2,1-14H3,(H,71,72)/t32-,33-,34+,35+,36-,37+,44+,45-,47?,50-,51+,52-,53-,54+,57?,58-,59-,60-/m1/s1. The fourth-order valence-corrected chi connectivity index (χ4v) is 12.6. The number of methoxy groups -OCH3 is 2.